The van der Waals surface area contributed by atoms with Crippen LogP contribution in [0.3, 0.4) is 0 Å². The summed E-state index contributed by atoms with van der Waals surface area (Å²) in [5.41, 5.74) is -0.463. The minimum absolute atomic E-state index is 0.0486. The van der Waals surface area contributed by atoms with E-state index in [0.29, 0.717) is 17.2 Å². The van der Waals surface area contributed by atoms with E-state index in [1.54, 1.807) is 18.2 Å². The molecule has 3 rings (SSSR count). The fourth-order valence-electron chi connectivity index (χ4n) is 3.50. The maximum atomic E-state index is 13.5. The highest BCUT2D eigenvalue weighted by Crippen LogP contribution is 2.37. The van der Waals surface area contributed by atoms with Gasteiger partial charge < -0.3 is 20.5 Å². The van der Waals surface area contributed by atoms with Gasteiger partial charge in [0.1, 0.15) is 17.9 Å². The zero-order chi connectivity index (χ0) is 26.5. The van der Waals surface area contributed by atoms with E-state index < -0.39 is 41.6 Å². The van der Waals surface area contributed by atoms with Gasteiger partial charge in [-0.3, -0.25) is 9.59 Å². The van der Waals surface area contributed by atoms with Gasteiger partial charge in [-0.15, -0.1) is 0 Å². The Bertz CT molecular complexity index is 1380. The monoisotopic (exact) mass is 495 g/mol. The molecule has 11 heteroatoms. The summed E-state index contributed by atoms with van der Waals surface area (Å²) in [6, 6.07) is 12.9. The number of aromatic nitrogens is 1. The number of carbonyl (C=O) groups excluding carboxylic acids is 3. The van der Waals surface area contributed by atoms with Crippen LogP contribution in [0.2, 0.25) is 0 Å². The third kappa shape index (κ3) is 6.24. The summed E-state index contributed by atoms with van der Waals surface area (Å²) in [5, 5.41) is 24.1. The molecule has 36 heavy (non-hydrogen) atoms. The van der Waals surface area contributed by atoms with Crippen molar-refractivity contribution in [1.82, 2.24) is 4.98 Å². The molecular formula is C25H18F3N4O4-. The highest BCUT2D eigenvalue weighted by atomic mass is 19.4. The van der Waals surface area contributed by atoms with Gasteiger partial charge in [-0.2, -0.15) is 18.4 Å². The summed E-state index contributed by atoms with van der Waals surface area (Å²) in [6.45, 7) is 1.46. The SMILES string of the molecule is CCc1cc(NC(=O)[O-])c(NC(=O)CC(=O)c2cccc(-c3ccnc(C#N)c3)c2)cc1C(F)(F)F. The number of nitrogens with zero attached hydrogens (tertiary/aromatic N) is 2. The molecule has 0 saturated heterocycles. The van der Waals surface area contributed by atoms with Gasteiger partial charge in [0, 0.05) is 11.8 Å². The van der Waals surface area contributed by atoms with Gasteiger partial charge in [0.05, 0.1) is 23.4 Å². The fraction of sp³-hybridized carbons (Fsp3) is 0.160. The zero-order valence-electron chi connectivity index (χ0n) is 18.8. The Kier molecular flexibility index (Phi) is 7.69. The summed E-state index contributed by atoms with van der Waals surface area (Å²) < 4.78 is 40.4. The van der Waals surface area contributed by atoms with E-state index in [9.17, 15) is 32.7 Å². The van der Waals surface area contributed by atoms with E-state index in [1.807, 2.05) is 11.4 Å². The Morgan fingerprint density at radius 3 is 2.36 bits per heavy atom. The quantitative estimate of drug-likeness (QED) is 0.373. The molecular weight excluding hydrogens is 477 g/mol. The van der Waals surface area contributed by atoms with Crippen molar-refractivity contribution in [2.75, 3.05) is 10.6 Å². The van der Waals surface area contributed by atoms with Crippen molar-refractivity contribution in [3.63, 3.8) is 0 Å². The number of amides is 2. The molecule has 184 valence electrons. The number of rotatable bonds is 7. The molecule has 2 aromatic carbocycles. The van der Waals surface area contributed by atoms with Gasteiger partial charge >= 0.3 is 6.18 Å². The largest absolute Gasteiger partial charge is 0.530 e. The van der Waals surface area contributed by atoms with Crippen LogP contribution in [0.5, 0.6) is 0 Å². The number of anilines is 2. The van der Waals surface area contributed by atoms with Gasteiger partial charge in [0.25, 0.3) is 0 Å². The Labute approximate surface area is 203 Å². The van der Waals surface area contributed by atoms with Crippen LogP contribution in [-0.2, 0) is 17.4 Å². The molecule has 0 fully saturated rings. The predicted octanol–water partition coefficient (Wildman–Crippen LogP) is 4.17. The standard InChI is InChI=1S/C25H19F3N4O4/c1-2-14-10-20(32-24(35)36)21(11-19(14)25(26,27)28)31-23(34)12-22(33)17-5-3-4-15(8-17)16-6-7-30-18(9-16)13-29/h3-11,32H,2,12H2,1H3,(H,31,34)(H,35,36)/p-1. The van der Waals surface area contributed by atoms with Gasteiger partial charge in [-0.05, 0) is 53.4 Å². The van der Waals surface area contributed by atoms with E-state index >= 15 is 0 Å². The van der Waals surface area contributed by atoms with Crippen LogP contribution in [0, 0.1) is 11.3 Å². The number of carbonyl (C=O) groups is 3. The van der Waals surface area contributed by atoms with Crippen molar-refractivity contribution in [3.8, 4) is 17.2 Å². The smallest absolute Gasteiger partial charge is 0.416 e. The molecule has 0 spiro atoms. The summed E-state index contributed by atoms with van der Waals surface area (Å²) in [5.74, 6) is -1.57. The van der Waals surface area contributed by atoms with Crippen LogP contribution in [0.1, 0.15) is 40.5 Å². The van der Waals surface area contributed by atoms with E-state index in [1.165, 1.54) is 31.3 Å². The molecule has 8 nitrogen and oxygen atoms in total. The molecule has 2 N–H and O–H groups in total. The molecule has 1 aromatic heterocycles. The number of carboxylic acid groups (broad SMARTS) is 1. The van der Waals surface area contributed by atoms with E-state index in [4.69, 9.17) is 5.26 Å². The van der Waals surface area contributed by atoms with E-state index in [0.717, 1.165) is 6.07 Å². The topological polar surface area (TPSA) is 135 Å². The second-order valence-electron chi connectivity index (χ2n) is 7.59. The molecule has 2 amide bonds. The van der Waals surface area contributed by atoms with Crippen molar-refractivity contribution in [3.05, 3.63) is 77.1 Å². The zero-order valence-corrected chi connectivity index (χ0v) is 18.8. The summed E-state index contributed by atoms with van der Waals surface area (Å²) in [7, 11) is 0. The number of Topliss-reactive ketones (excluding diaryl/α,β-unsaturated/α-hetero) is 1. The van der Waals surface area contributed by atoms with Crippen LogP contribution in [-0.4, -0.2) is 22.8 Å². The van der Waals surface area contributed by atoms with Crippen molar-refractivity contribution >= 4 is 29.2 Å². The van der Waals surface area contributed by atoms with Crippen molar-refractivity contribution in [1.29, 1.82) is 5.26 Å². The predicted molar refractivity (Wildman–Crippen MR) is 122 cm³/mol. The van der Waals surface area contributed by atoms with Crippen LogP contribution in [0.15, 0.2) is 54.7 Å². The van der Waals surface area contributed by atoms with Gasteiger partial charge in [-0.1, -0.05) is 25.1 Å². The number of halogens is 3. The molecule has 0 saturated carbocycles. The van der Waals surface area contributed by atoms with Gasteiger partial charge in [0.2, 0.25) is 5.91 Å². The van der Waals surface area contributed by atoms with Crippen LogP contribution in [0.25, 0.3) is 11.1 Å². The molecule has 0 aliphatic heterocycles. The molecule has 0 bridgehead atoms. The summed E-state index contributed by atoms with van der Waals surface area (Å²) in [4.78, 5) is 40.1. The summed E-state index contributed by atoms with van der Waals surface area (Å²) >= 11 is 0. The van der Waals surface area contributed by atoms with E-state index in [2.05, 4.69) is 10.3 Å². The molecule has 0 unspecified atom stereocenters. The molecule has 0 aliphatic rings. The first-order chi connectivity index (χ1) is 17.0. The maximum absolute atomic E-state index is 13.5. The highest BCUT2D eigenvalue weighted by molar-refractivity contribution is 6.12. The lowest BCUT2D eigenvalue weighted by Crippen LogP contribution is -2.30. The average molecular weight is 495 g/mol. The Balaban J connectivity index is 1.85. The lowest BCUT2D eigenvalue weighted by molar-refractivity contribution is -0.242. The normalized spacial score (nSPS) is 10.9. The number of aryl methyl sites for hydroxylation is 1. The number of nitrogens with one attached hydrogen (secondary N) is 2. The number of pyridine rings is 1. The Hall–Kier alpha value is -4.72. The number of hydrogen-bond donors (Lipinski definition) is 2. The first-order valence-electron chi connectivity index (χ1n) is 10.5. The Morgan fingerprint density at radius 2 is 1.72 bits per heavy atom. The van der Waals surface area contributed by atoms with Crippen molar-refractivity contribution in [2.24, 2.45) is 0 Å². The number of hydrogen-bond acceptors (Lipinski definition) is 6. The maximum Gasteiger partial charge on any atom is 0.416 e. The lowest BCUT2D eigenvalue weighted by atomic mass is 10.00. The third-order valence-electron chi connectivity index (χ3n) is 5.15. The van der Waals surface area contributed by atoms with Crippen LogP contribution in [0.4, 0.5) is 29.3 Å². The number of benzene rings is 2. The number of ketones is 1. The highest BCUT2D eigenvalue weighted by Gasteiger charge is 2.34. The van der Waals surface area contributed by atoms with Crippen molar-refractivity contribution in [2.45, 2.75) is 25.9 Å². The molecule has 1 heterocycles. The molecule has 0 radical (unpaired) electrons. The van der Waals surface area contributed by atoms with Crippen molar-refractivity contribution < 1.29 is 32.7 Å². The van der Waals surface area contributed by atoms with Gasteiger partial charge in [0.15, 0.2) is 5.78 Å². The van der Waals surface area contributed by atoms with E-state index in [-0.39, 0.29) is 28.9 Å². The minimum atomic E-state index is -4.75. The lowest BCUT2D eigenvalue weighted by Gasteiger charge is -2.19. The number of nitriles is 1. The van der Waals surface area contributed by atoms with Crippen LogP contribution < -0.4 is 15.7 Å². The summed E-state index contributed by atoms with van der Waals surface area (Å²) in [6.07, 6.45) is -5.86. The number of alkyl halides is 3. The molecule has 0 aliphatic carbocycles. The second kappa shape index (κ2) is 10.7. The molecule has 3 aromatic rings. The first-order valence-corrected chi connectivity index (χ1v) is 10.5. The van der Waals surface area contributed by atoms with Crippen LogP contribution >= 0.6 is 0 Å². The Morgan fingerprint density at radius 1 is 1.03 bits per heavy atom. The fourth-order valence-corrected chi connectivity index (χ4v) is 3.50. The second-order valence-corrected chi connectivity index (χ2v) is 7.59. The third-order valence-corrected chi connectivity index (χ3v) is 5.15. The molecule has 0 atom stereocenters. The average Bonchev–Trinajstić information content (AvgIpc) is 2.83. The first kappa shape index (κ1) is 25.9. The van der Waals surface area contributed by atoms with Gasteiger partial charge in [-0.25, -0.2) is 4.98 Å². The minimum Gasteiger partial charge on any atom is -0.530 e.